The van der Waals surface area contributed by atoms with Crippen LogP contribution in [0, 0.1) is 0 Å². The average Bonchev–Trinajstić information content (AvgIpc) is 3.21. The molecular weight excluding hydrogens is 354 g/mol. The first-order chi connectivity index (χ1) is 13.7. The van der Waals surface area contributed by atoms with Crippen LogP contribution >= 0.6 is 0 Å². The number of nitrogens with one attached hydrogen (secondary N) is 2. The largest absolute Gasteiger partial charge is 0.379 e. The maximum Gasteiger partial charge on any atom is 0.222 e. The molecule has 0 aromatic heterocycles. The standard InChI is InChI=1S/C21H39N5O2/c1-3-19(27)25-11-8-18(16-25)24-20(22-4-2)23-17-21(9-6-5-7-10-21)26-12-14-28-15-13-26/h18H,3-17H2,1-2H3,(H2,22,23,24). The molecule has 28 heavy (non-hydrogen) atoms. The van der Waals surface area contributed by atoms with Crippen LogP contribution in [0.3, 0.4) is 0 Å². The minimum Gasteiger partial charge on any atom is -0.379 e. The van der Waals surface area contributed by atoms with E-state index in [-0.39, 0.29) is 11.4 Å². The highest BCUT2D eigenvalue weighted by Gasteiger charge is 2.38. The Bertz CT molecular complexity index is 527. The number of hydrogen-bond donors (Lipinski definition) is 2. The monoisotopic (exact) mass is 393 g/mol. The second-order valence-corrected chi connectivity index (χ2v) is 8.40. The Morgan fingerprint density at radius 1 is 1.14 bits per heavy atom. The van der Waals surface area contributed by atoms with E-state index in [0.717, 1.165) is 64.9 Å². The Morgan fingerprint density at radius 3 is 2.57 bits per heavy atom. The predicted molar refractivity (Wildman–Crippen MR) is 113 cm³/mol. The van der Waals surface area contributed by atoms with E-state index in [2.05, 4.69) is 22.5 Å². The predicted octanol–water partition coefficient (Wildman–Crippen LogP) is 1.59. The first kappa shape index (κ1) is 21.4. The van der Waals surface area contributed by atoms with Gasteiger partial charge in [-0.1, -0.05) is 26.2 Å². The normalized spacial score (nSPS) is 26.3. The molecule has 3 fully saturated rings. The zero-order valence-corrected chi connectivity index (χ0v) is 17.8. The molecule has 3 aliphatic rings. The summed E-state index contributed by atoms with van der Waals surface area (Å²) in [5.74, 6) is 1.15. The molecule has 0 aromatic carbocycles. The third-order valence-corrected chi connectivity index (χ3v) is 6.53. The maximum atomic E-state index is 12.0. The van der Waals surface area contributed by atoms with E-state index in [4.69, 9.17) is 9.73 Å². The summed E-state index contributed by atoms with van der Waals surface area (Å²) in [6.45, 7) is 11.1. The van der Waals surface area contributed by atoms with Crippen LogP contribution in [0.4, 0.5) is 0 Å². The fourth-order valence-corrected chi connectivity index (χ4v) is 4.89. The molecule has 0 radical (unpaired) electrons. The van der Waals surface area contributed by atoms with Crippen molar-refractivity contribution in [3.8, 4) is 0 Å². The van der Waals surface area contributed by atoms with Gasteiger partial charge in [-0.3, -0.25) is 14.7 Å². The lowest BCUT2D eigenvalue weighted by atomic mass is 9.80. The van der Waals surface area contributed by atoms with Gasteiger partial charge >= 0.3 is 0 Å². The lowest BCUT2D eigenvalue weighted by molar-refractivity contribution is -0.129. The quantitative estimate of drug-likeness (QED) is 0.530. The molecule has 0 spiro atoms. The van der Waals surface area contributed by atoms with E-state index in [9.17, 15) is 4.79 Å². The molecule has 7 nitrogen and oxygen atoms in total. The first-order valence-corrected chi connectivity index (χ1v) is 11.3. The van der Waals surface area contributed by atoms with Crippen molar-refractivity contribution < 1.29 is 9.53 Å². The molecule has 0 bridgehead atoms. The van der Waals surface area contributed by atoms with Crippen LogP contribution in [0.2, 0.25) is 0 Å². The van der Waals surface area contributed by atoms with Crippen molar-refractivity contribution in [3.63, 3.8) is 0 Å². The topological polar surface area (TPSA) is 69.2 Å². The van der Waals surface area contributed by atoms with Gasteiger partial charge in [0.25, 0.3) is 0 Å². The molecule has 160 valence electrons. The van der Waals surface area contributed by atoms with Crippen LogP contribution < -0.4 is 10.6 Å². The van der Waals surface area contributed by atoms with Gasteiger partial charge in [-0.05, 0) is 26.2 Å². The molecule has 2 heterocycles. The van der Waals surface area contributed by atoms with Gasteiger partial charge < -0.3 is 20.3 Å². The Morgan fingerprint density at radius 2 is 1.89 bits per heavy atom. The highest BCUT2D eigenvalue weighted by Crippen LogP contribution is 2.34. The molecule has 3 rings (SSSR count). The van der Waals surface area contributed by atoms with Crippen molar-refractivity contribution in [1.82, 2.24) is 20.4 Å². The third-order valence-electron chi connectivity index (χ3n) is 6.53. The van der Waals surface area contributed by atoms with Crippen LogP contribution in [0.1, 0.15) is 58.8 Å². The van der Waals surface area contributed by atoms with Crippen molar-refractivity contribution >= 4 is 11.9 Å². The summed E-state index contributed by atoms with van der Waals surface area (Å²) in [4.78, 5) is 21.6. The van der Waals surface area contributed by atoms with Gasteiger partial charge in [0.2, 0.25) is 5.91 Å². The van der Waals surface area contributed by atoms with Crippen molar-refractivity contribution in [2.45, 2.75) is 70.4 Å². The molecule has 7 heteroatoms. The zero-order valence-electron chi connectivity index (χ0n) is 17.8. The van der Waals surface area contributed by atoms with E-state index in [1.807, 2.05) is 11.8 Å². The SMILES string of the molecule is CCNC(=NCC1(N2CCOCC2)CCCCC1)NC1CCN(C(=O)CC)C1. The van der Waals surface area contributed by atoms with Gasteiger partial charge in [0.05, 0.1) is 19.8 Å². The van der Waals surface area contributed by atoms with Crippen molar-refractivity contribution in [1.29, 1.82) is 0 Å². The number of amides is 1. The summed E-state index contributed by atoms with van der Waals surface area (Å²) < 4.78 is 5.59. The van der Waals surface area contributed by atoms with Gasteiger partial charge in [0, 0.05) is 50.7 Å². The van der Waals surface area contributed by atoms with Gasteiger partial charge in [-0.25, -0.2) is 0 Å². The van der Waals surface area contributed by atoms with Crippen LogP contribution in [0.15, 0.2) is 4.99 Å². The molecule has 2 saturated heterocycles. The molecule has 1 saturated carbocycles. The molecule has 2 N–H and O–H groups in total. The van der Waals surface area contributed by atoms with Crippen LogP contribution in [-0.4, -0.2) is 85.7 Å². The summed E-state index contributed by atoms with van der Waals surface area (Å²) in [6.07, 6.45) is 7.99. The summed E-state index contributed by atoms with van der Waals surface area (Å²) in [5, 5.41) is 7.01. The number of hydrogen-bond acceptors (Lipinski definition) is 4. The Hall–Kier alpha value is -1.34. The molecule has 1 amide bonds. The number of nitrogens with zero attached hydrogens (tertiary/aromatic N) is 3. The fraction of sp³-hybridized carbons (Fsp3) is 0.905. The number of ether oxygens (including phenoxy) is 1. The molecule has 2 aliphatic heterocycles. The highest BCUT2D eigenvalue weighted by molar-refractivity contribution is 5.80. The Labute approximate surface area is 170 Å². The minimum absolute atomic E-state index is 0.185. The zero-order chi connectivity index (χ0) is 19.8. The molecule has 0 aromatic rings. The summed E-state index contributed by atoms with van der Waals surface area (Å²) in [5.41, 5.74) is 0.185. The number of carbonyl (C=O) groups excluding carboxylic acids is 1. The van der Waals surface area contributed by atoms with Crippen molar-refractivity contribution in [2.75, 3.05) is 52.5 Å². The van der Waals surface area contributed by atoms with Gasteiger partial charge in [0.15, 0.2) is 5.96 Å². The number of aliphatic imine (C=N–C) groups is 1. The summed E-state index contributed by atoms with van der Waals surface area (Å²) in [6, 6.07) is 0.291. The Balaban J connectivity index is 1.63. The van der Waals surface area contributed by atoms with E-state index >= 15 is 0 Å². The fourth-order valence-electron chi connectivity index (χ4n) is 4.89. The van der Waals surface area contributed by atoms with Crippen molar-refractivity contribution in [2.24, 2.45) is 4.99 Å². The Kier molecular flexibility index (Phi) is 7.97. The number of likely N-dealkylation sites (tertiary alicyclic amines) is 1. The number of morpholine rings is 1. The van der Waals surface area contributed by atoms with Gasteiger partial charge in [-0.2, -0.15) is 0 Å². The second kappa shape index (κ2) is 10.4. The van der Waals surface area contributed by atoms with Gasteiger partial charge in [0.1, 0.15) is 0 Å². The number of rotatable bonds is 6. The van der Waals surface area contributed by atoms with Crippen LogP contribution in [-0.2, 0) is 9.53 Å². The lowest BCUT2D eigenvalue weighted by Crippen LogP contribution is -2.57. The molecular formula is C21H39N5O2. The van der Waals surface area contributed by atoms with E-state index in [1.165, 1.54) is 32.1 Å². The first-order valence-electron chi connectivity index (χ1n) is 11.3. The second-order valence-electron chi connectivity index (χ2n) is 8.40. The van der Waals surface area contributed by atoms with Gasteiger partial charge in [-0.15, -0.1) is 0 Å². The lowest BCUT2D eigenvalue weighted by Gasteiger charge is -2.47. The molecule has 1 unspecified atom stereocenters. The van der Waals surface area contributed by atoms with E-state index < -0.39 is 0 Å². The van der Waals surface area contributed by atoms with E-state index in [0.29, 0.717) is 12.5 Å². The molecule has 1 aliphatic carbocycles. The smallest absolute Gasteiger partial charge is 0.222 e. The van der Waals surface area contributed by atoms with Crippen LogP contribution in [0.5, 0.6) is 0 Å². The van der Waals surface area contributed by atoms with Crippen LogP contribution in [0.25, 0.3) is 0 Å². The number of guanidine groups is 1. The molecule has 1 atom stereocenters. The summed E-state index contributed by atoms with van der Waals surface area (Å²) in [7, 11) is 0. The van der Waals surface area contributed by atoms with E-state index in [1.54, 1.807) is 0 Å². The third kappa shape index (κ3) is 5.38. The maximum absolute atomic E-state index is 12.0. The minimum atomic E-state index is 0.185. The summed E-state index contributed by atoms with van der Waals surface area (Å²) >= 11 is 0. The average molecular weight is 394 g/mol. The van der Waals surface area contributed by atoms with Crippen molar-refractivity contribution in [3.05, 3.63) is 0 Å². The number of carbonyl (C=O) groups is 1. The highest BCUT2D eigenvalue weighted by atomic mass is 16.5.